The number of anilines is 6. The van der Waals surface area contributed by atoms with Crippen molar-refractivity contribution < 1.29 is 8.78 Å². The largest absolute Gasteiger partial charge is 0.310 e. The van der Waals surface area contributed by atoms with Gasteiger partial charge in [-0.1, -0.05) is 72.8 Å². The van der Waals surface area contributed by atoms with E-state index in [1.807, 2.05) is 48.5 Å². The quantitative estimate of drug-likeness (QED) is 0.162. The summed E-state index contributed by atoms with van der Waals surface area (Å²) in [5, 5.41) is 9.27. The van der Waals surface area contributed by atoms with Crippen molar-refractivity contribution in [3.63, 3.8) is 0 Å². The Bertz CT molecular complexity index is 2590. The van der Waals surface area contributed by atoms with E-state index in [1.54, 1.807) is 0 Å². The van der Waals surface area contributed by atoms with Crippen LogP contribution >= 0.6 is 0 Å². The zero-order valence-electron chi connectivity index (χ0n) is 28.8. The smallest absolute Gasteiger partial charge is 0.123 e. The highest BCUT2D eigenvalue weighted by molar-refractivity contribution is 6.08. The number of rotatable bonds is 6. The van der Waals surface area contributed by atoms with Crippen LogP contribution < -0.4 is 9.80 Å². The van der Waals surface area contributed by atoms with Crippen LogP contribution in [-0.4, -0.2) is 0 Å². The Morgan fingerprint density at radius 3 is 1.04 bits per heavy atom. The molecular weight excluding hydrogens is 643 g/mol. The number of halogens is 2. The lowest BCUT2D eigenvalue weighted by atomic mass is 9.92. The normalized spacial score (nSPS) is 11.5. The van der Waals surface area contributed by atoms with Crippen molar-refractivity contribution in [2.75, 3.05) is 9.80 Å². The van der Waals surface area contributed by atoms with Crippen LogP contribution in [-0.2, 0) is 0 Å². The average Bonchev–Trinajstić information content (AvgIpc) is 3.18. The molecule has 0 heterocycles. The molecule has 9 aromatic carbocycles. The molecule has 4 heteroatoms. The fourth-order valence-electron chi connectivity index (χ4n) is 7.61. The van der Waals surface area contributed by atoms with Crippen molar-refractivity contribution in [2.45, 2.75) is 13.8 Å². The zero-order chi connectivity index (χ0) is 35.3. The van der Waals surface area contributed by atoms with E-state index in [1.165, 1.54) is 56.9 Å². The third kappa shape index (κ3) is 5.50. The third-order valence-electron chi connectivity index (χ3n) is 10.3. The molecular formula is C48H34F2N2. The molecule has 0 saturated heterocycles. The van der Waals surface area contributed by atoms with Gasteiger partial charge in [-0.05, 0) is 165 Å². The van der Waals surface area contributed by atoms with E-state index in [0.29, 0.717) is 0 Å². The molecule has 0 aliphatic rings. The standard InChI is InChI=1S/C48H34F2N2/c1-31-45-25-23-44(52(40-21-15-38(50)16-22-40)42-18-12-34-8-4-6-10-36(34)28-42)30-48(45)32(2)46-26-24-43(29-47(31)46)51(39-19-13-37(49)14-20-39)41-17-11-33-7-3-5-9-35(33)27-41/h3-30H,1-2H3. The van der Waals surface area contributed by atoms with Crippen LogP contribution in [0.5, 0.6) is 0 Å². The summed E-state index contributed by atoms with van der Waals surface area (Å²) in [7, 11) is 0. The van der Waals surface area contributed by atoms with Crippen LogP contribution in [0.2, 0.25) is 0 Å². The zero-order valence-corrected chi connectivity index (χ0v) is 28.8. The van der Waals surface area contributed by atoms with Crippen LogP contribution in [0.15, 0.2) is 170 Å². The van der Waals surface area contributed by atoms with Crippen LogP contribution in [0, 0.1) is 25.5 Å². The molecule has 0 radical (unpaired) electrons. The molecule has 0 unspecified atom stereocenters. The van der Waals surface area contributed by atoms with Crippen LogP contribution in [0.3, 0.4) is 0 Å². The van der Waals surface area contributed by atoms with Crippen LogP contribution in [0.1, 0.15) is 11.1 Å². The number of hydrogen-bond acceptors (Lipinski definition) is 2. The lowest BCUT2D eigenvalue weighted by molar-refractivity contribution is 0.627. The number of benzene rings is 9. The van der Waals surface area contributed by atoms with Gasteiger partial charge in [0.15, 0.2) is 0 Å². The van der Waals surface area contributed by atoms with Gasteiger partial charge in [-0.25, -0.2) is 8.78 Å². The molecule has 9 rings (SSSR count). The molecule has 0 aliphatic carbocycles. The number of fused-ring (bicyclic) bond motifs is 4. The van der Waals surface area contributed by atoms with Gasteiger partial charge in [0, 0.05) is 34.1 Å². The van der Waals surface area contributed by atoms with Crippen LogP contribution in [0.4, 0.5) is 42.9 Å². The maximum Gasteiger partial charge on any atom is 0.123 e. The van der Waals surface area contributed by atoms with Crippen LogP contribution in [0.25, 0.3) is 43.1 Å². The van der Waals surface area contributed by atoms with E-state index in [9.17, 15) is 8.78 Å². The van der Waals surface area contributed by atoms with Crippen molar-refractivity contribution in [2.24, 2.45) is 0 Å². The van der Waals surface area contributed by atoms with E-state index in [4.69, 9.17) is 0 Å². The minimum atomic E-state index is -0.267. The molecule has 0 saturated carbocycles. The average molecular weight is 677 g/mol. The second kappa shape index (κ2) is 12.7. The fraction of sp³-hybridized carbons (Fsp3) is 0.0417. The van der Waals surface area contributed by atoms with Gasteiger partial charge in [-0.3, -0.25) is 0 Å². The Balaban J connectivity index is 1.20. The first-order chi connectivity index (χ1) is 25.4. The number of nitrogens with zero attached hydrogens (tertiary/aromatic N) is 2. The van der Waals surface area contributed by atoms with Gasteiger partial charge in [-0.2, -0.15) is 0 Å². The first kappa shape index (κ1) is 31.5. The molecule has 0 aromatic heterocycles. The maximum atomic E-state index is 14.1. The minimum Gasteiger partial charge on any atom is -0.310 e. The Morgan fingerprint density at radius 1 is 0.308 bits per heavy atom. The molecule has 0 aliphatic heterocycles. The SMILES string of the molecule is Cc1c2ccc(N(c3ccc(F)cc3)c3ccc4ccccc4c3)cc2c(C)c2ccc(N(c3ccc(F)cc3)c3ccc4ccccc4c3)cc12. The van der Waals surface area contributed by atoms with E-state index in [2.05, 4.69) is 121 Å². The van der Waals surface area contributed by atoms with Crippen molar-refractivity contribution in [3.05, 3.63) is 193 Å². The molecule has 250 valence electrons. The Kier molecular flexibility index (Phi) is 7.66. The van der Waals surface area contributed by atoms with Crippen molar-refractivity contribution >= 4 is 77.2 Å². The topological polar surface area (TPSA) is 6.48 Å². The Labute approximate surface area is 301 Å². The summed E-state index contributed by atoms with van der Waals surface area (Å²) in [5.41, 5.74) is 8.11. The Morgan fingerprint density at radius 2 is 0.635 bits per heavy atom. The second-order valence-corrected chi connectivity index (χ2v) is 13.4. The van der Waals surface area contributed by atoms with Gasteiger partial charge in [-0.15, -0.1) is 0 Å². The van der Waals surface area contributed by atoms with Gasteiger partial charge in [0.05, 0.1) is 0 Å². The molecule has 0 spiro atoms. The molecule has 0 N–H and O–H groups in total. The van der Waals surface area contributed by atoms with Gasteiger partial charge >= 0.3 is 0 Å². The first-order valence-electron chi connectivity index (χ1n) is 17.5. The van der Waals surface area contributed by atoms with Gasteiger partial charge in [0.1, 0.15) is 11.6 Å². The lowest BCUT2D eigenvalue weighted by Gasteiger charge is -2.27. The van der Waals surface area contributed by atoms with Gasteiger partial charge in [0.2, 0.25) is 0 Å². The minimum absolute atomic E-state index is 0.267. The molecule has 0 bridgehead atoms. The summed E-state index contributed by atoms with van der Waals surface area (Å²) in [4.78, 5) is 4.38. The van der Waals surface area contributed by atoms with E-state index < -0.39 is 0 Å². The molecule has 0 amide bonds. The predicted molar refractivity (Wildman–Crippen MR) is 215 cm³/mol. The number of hydrogen-bond donors (Lipinski definition) is 0. The fourth-order valence-corrected chi connectivity index (χ4v) is 7.61. The second-order valence-electron chi connectivity index (χ2n) is 13.4. The molecule has 52 heavy (non-hydrogen) atoms. The lowest BCUT2D eigenvalue weighted by Crippen LogP contribution is -2.10. The summed E-state index contributed by atoms with van der Waals surface area (Å²) in [5.74, 6) is -0.534. The van der Waals surface area contributed by atoms with Gasteiger partial charge < -0.3 is 9.80 Å². The van der Waals surface area contributed by atoms with Crippen molar-refractivity contribution in [1.82, 2.24) is 0 Å². The van der Waals surface area contributed by atoms with E-state index >= 15 is 0 Å². The van der Waals surface area contributed by atoms with Crippen molar-refractivity contribution in [1.29, 1.82) is 0 Å². The van der Waals surface area contributed by atoms with E-state index in [-0.39, 0.29) is 11.6 Å². The summed E-state index contributed by atoms with van der Waals surface area (Å²) < 4.78 is 28.3. The molecule has 0 atom stereocenters. The highest BCUT2D eigenvalue weighted by Gasteiger charge is 2.19. The number of aryl methyl sites for hydroxylation is 2. The molecule has 0 fully saturated rings. The highest BCUT2D eigenvalue weighted by Crippen LogP contribution is 2.43. The summed E-state index contributed by atoms with van der Waals surface area (Å²) in [6.07, 6.45) is 0. The maximum absolute atomic E-state index is 14.1. The highest BCUT2D eigenvalue weighted by atomic mass is 19.1. The molecule has 2 nitrogen and oxygen atoms in total. The Hall–Kier alpha value is -6.52. The van der Waals surface area contributed by atoms with Crippen molar-refractivity contribution in [3.8, 4) is 0 Å². The summed E-state index contributed by atoms with van der Waals surface area (Å²) >= 11 is 0. The monoisotopic (exact) mass is 676 g/mol. The third-order valence-corrected chi connectivity index (χ3v) is 10.3. The van der Waals surface area contributed by atoms with E-state index in [0.717, 1.165) is 55.7 Å². The summed E-state index contributed by atoms with van der Waals surface area (Å²) in [6.45, 7) is 4.37. The molecule has 9 aromatic rings. The predicted octanol–water partition coefficient (Wildman–Crippen LogP) is 14.1. The summed E-state index contributed by atoms with van der Waals surface area (Å²) in [6, 6.07) is 56.1. The first-order valence-corrected chi connectivity index (χ1v) is 17.5. The van der Waals surface area contributed by atoms with Gasteiger partial charge in [0.25, 0.3) is 0 Å².